The molecule has 1 aliphatic heterocycles. The molecule has 3 aromatic rings. The van der Waals surface area contributed by atoms with Gasteiger partial charge in [-0.2, -0.15) is 0 Å². The summed E-state index contributed by atoms with van der Waals surface area (Å²) >= 11 is 6.22. The minimum atomic E-state index is -1.58. The Morgan fingerprint density at radius 2 is 1.67 bits per heavy atom. The largest absolute Gasteiger partial charge is 0.351 e. The highest BCUT2D eigenvalue weighted by atomic mass is 35.5. The van der Waals surface area contributed by atoms with Crippen LogP contribution >= 0.6 is 11.6 Å². The Labute approximate surface area is 238 Å². The Kier molecular flexibility index (Phi) is 9.59. The molecular formula is C31H36ClN3O3S. The van der Waals surface area contributed by atoms with E-state index in [1.54, 1.807) is 59.5 Å². The van der Waals surface area contributed by atoms with E-state index in [4.69, 9.17) is 11.6 Å². The van der Waals surface area contributed by atoms with E-state index in [0.29, 0.717) is 50.0 Å². The van der Waals surface area contributed by atoms with Crippen LogP contribution in [0, 0.1) is 11.8 Å². The van der Waals surface area contributed by atoms with E-state index >= 15 is 0 Å². The number of carbonyl (C=O) groups is 2. The quantitative estimate of drug-likeness (QED) is 0.327. The van der Waals surface area contributed by atoms with Crippen LogP contribution in [0.4, 0.5) is 5.69 Å². The lowest BCUT2D eigenvalue weighted by molar-refractivity contribution is 0.0943. The number of anilines is 1. The number of nitrogens with zero attached hydrogens (tertiary/aromatic N) is 2. The van der Waals surface area contributed by atoms with Crippen LogP contribution in [0.2, 0.25) is 5.02 Å². The van der Waals surface area contributed by atoms with Crippen molar-refractivity contribution >= 4 is 39.9 Å². The predicted octanol–water partition coefficient (Wildman–Crippen LogP) is 6.01. The van der Waals surface area contributed by atoms with Gasteiger partial charge in [0.1, 0.15) is 0 Å². The Morgan fingerprint density at radius 3 is 2.36 bits per heavy atom. The first-order valence-electron chi connectivity index (χ1n) is 13.4. The lowest BCUT2D eigenvalue weighted by Crippen LogP contribution is -2.38. The van der Waals surface area contributed by atoms with Gasteiger partial charge in [0.2, 0.25) is 0 Å². The van der Waals surface area contributed by atoms with Crippen LogP contribution in [0.15, 0.2) is 76.5 Å². The third-order valence-corrected chi connectivity index (χ3v) is 8.20. The van der Waals surface area contributed by atoms with Crippen molar-refractivity contribution in [3.63, 3.8) is 0 Å². The Morgan fingerprint density at radius 1 is 0.949 bits per heavy atom. The fourth-order valence-electron chi connectivity index (χ4n) is 4.90. The molecule has 1 aliphatic rings. The summed E-state index contributed by atoms with van der Waals surface area (Å²) < 4.78 is 13.6. The summed E-state index contributed by atoms with van der Waals surface area (Å²) in [5.74, 6) is 0.580. The number of carbonyl (C=O) groups excluding carboxylic acids is 2. The van der Waals surface area contributed by atoms with Crippen molar-refractivity contribution in [3.8, 4) is 0 Å². The van der Waals surface area contributed by atoms with E-state index in [1.165, 1.54) is 0 Å². The van der Waals surface area contributed by atoms with Crippen molar-refractivity contribution < 1.29 is 13.8 Å². The molecule has 1 N–H and O–H groups in total. The molecule has 8 heteroatoms. The lowest BCUT2D eigenvalue weighted by atomic mass is 10.1. The first-order valence-corrected chi connectivity index (χ1v) is 14.9. The molecule has 39 heavy (non-hydrogen) atoms. The molecule has 4 rings (SSSR count). The fraction of sp³-hybridized carbons (Fsp3) is 0.355. The van der Waals surface area contributed by atoms with E-state index in [2.05, 4.69) is 37.9 Å². The van der Waals surface area contributed by atoms with Gasteiger partial charge in [-0.1, -0.05) is 63.6 Å². The van der Waals surface area contributed by atoms with Gasteiger partial charge in [0.15, 0.2) is 0 Å². The van der Waals surface area contributed by atoms with Crippen LogP contribution in [-0.4, -0.2) is 47.1 Å². The summed E-state index contributed by atoms with van der Waals surface area (Å²) in [4.78, 5) is 31.9. The predicted molar refractivity (Wildman–Crippen MR) is 158 cm³/mol. The van der Waals surface area contributed by atoms with Crippen molar-refractivity contribution in [2.75, 3.05) is 31.1 Å². The van der Waals surface area contributed by atoms with Gasteiger partial charge in [0, 0.05) is 36.8 Å². The van der Waals surface area contributed by atoms with Gasteiger partial charge >= 0.3 is 0 Å². The highest BCUT2D eigenvalue weighted by Crippen LogP contribution is 2.36. The minimum absolute atomic E-state index is 0.225. The van der Waals surface area contributed by atoms with Crippen LogP contribution in [-0.2, 0) is 17.3 Å². The van der Waals surface area contributed by atoms with Gasteiger partial charge in [-0.05, 0) is 59.9 Å². The highest BCUT2D eigenvalue weighted by Gasteiger charge is 2.31. The second-order valence-electron chi connectivity index (χ2n) is 10.8. The first-order chi connectivity index (χ1) is 18.6. The van der Waals surface area contributed by atoms with Gasteiger partial charge in [0.05, 0.1) is 38.4 Å². The summed E-state index contributed by atoms with van der Waals surface area (Å²) in [5, 5.41) is 3.60. The van der Waals surface area contributed by atoms with Gasteiger partial charge in [0.25, 0.3) is 11.8 Å². The number of rotatable bonds is 10. The third-order valence-electron chi connectivity index (χ3n) is 6.46. The fourth-order valence-corrected chi connectivity index (χ4v) is 6.46. The zero-order valence-corrected chi connectivity index (χ0v) is 24.5. The monoisotopic (exact) mass is 565 g/mol. The number of fused-ring (bicyclic) bond motifs is 2. The Balaban J connectivity index is 1.62. The van der Waals surface area contributed by atoms with Gasteiger partial charge in [-0.3, -0.25) is 9.59 Å². The van der Waals surface area contributed by atoms with Crippen molar-refractivity contribution in [3.05, 3.63) is 88.4 Å². The van der Waals surface area contributed by atoms with Crippen molar-refractivity contribution in [1.29, 1.82) is 0 Å². The maximum Gasteiger partial charge on any atom is 0.259 e. The second-order valence-corrected chi connectivity index (χ2v) is 12.6. The summed E-state index contributed by atoms with van der Waals surface area (Å²) in [6.07, 6.45) is 0. The second kappa shape index (κ2) is 12.9. The number of amides is 2. The van der Waals surface area contributed by atoms with E-state index in [-0.39, 0.29) is 18.4 Å². The molecule has 0 spiro atoms. The molecule has 1 unspecified atom stereocenters. The zero-order valence-electron chi connectivity index (χ0n) is 22.9. The molecule has 3 aromatic carbocycles. The molecule has 1 heterocycles. The van der Waals surface area contributed by atoms with E-state index in [1.807, 2.05) is 12.1 Å². The van der Waals surface area contributed by atoms with Crippen molar-refractivity contribution in [1.82, 2.24) is 10.2 Å². The summed E-state index contributed by atoms with van der Waals surface area (Å²) in [6.45, 7) is 12.2. The van der Waals surface area contributed by atoms with E-state index in [9.17, 15) is 13.8 Å². The lowest BCUT2D eigenvalue weighted by Gasteiger charge is -2.26. The average molecular weight is 566 g/mol. The molecule has 0 aliphatic carbocycles. The van der Waals surface area contributed by atoms with Gasteiger partial charge < -0.3 is 15.1 Å². The molecule has 0 bridgehead atoms. The molecule has 0 aromatic heterocycles. The van der Waals surface area contributed by atoms with Crippen LogP contribution in [0.3, 0.4) is 0 Å². The van der Waals surface area contributed by atoms with E-state index in [0.717, 1.165) is 25.2 Å². The topological polar surface area (TPSA) is 69.7 Å². The van der Waals surface area contributed by atoms with Crippen LogP contribution < -0.4 is 10.2 Å². The number of hydrogen-bond donors (Lipinski definition) is 1. The summed E-state index contributed by atoms with van der Waals surface area (Å²) in [6, 6.07) is 19.3. The third kappa shape index (κ3) is 7.15. The summed E-state index contributed by atoms with van der Waals surface area (Å²) in [7, 11) is -1.58. The van der Waals surface area contributed by atoms with Crippen LogP contribution in [0.25, 0.3) is 0 Å². The SMILES string of the molecule is CC(C)CN(CCNC(=O)c1ccc2c(c1)N(Cc1cccc(Cl)c1)C(=O)c1ccccc1S2=O)CC(C)C. The number of benzene rings is 3. The number of hydrogen-bond acceptors (Lipinski definition) is 4. The first kappa shape index (κ1) is 29.0. The molecule has 206 valence electrons. The average Bonchev–Trinajstić information content (AvgIpc) is 2.97. The normalized spacial score (nSPS) is 14.9. The molecule has 2 amide bonds. The molecular weight excluding hydrogens is 530 g/mol. The highest BCUT2D eigenvalue weighted by molar-refractivity contribution is 7.85. The standard InChI is InChI=1S/C31H36ClN3O3S/c1-21(2)18-34(19-22(3)4)15-14-33-30(36)24-12-13-29-27(17-24)35(20-23-8-7-9-25(32)16-23)31(37)26-10-5-6-11-28(26)39(29)38/h5-13,16-17,21-22H,14-15,18-20H2,1-4H3,(H,33,36). The molecule has 0 fully saturated rings. The number of halogens is 1. The maximum atomic E-state index is 13.8. The van der Waals surface area contributed by atoms with Crippen molar-refractivity contribution in [2.24, 2.45) is 11.8 Å². The number of nitrogens with one attached hydrogen (secondary N) is 1. The zero-order chi connectivity index (χ0) is 28.1. The molecule has 0 saturated carbocycles. The molecule has 6 nitrogen and oxygen atoms in total. The van der Waals surface area contributed by atoms with E-state index < -0.39 is 10.8 Å². The molecule has 0 saturated heterocycles. The van der Waals surface area contributed by atoms with Gasteiger partial charge in [-0.15, -0.1) is 0 Å². The minimum Gasteiger partial charge on any atom is -0.351 e. The van der Waals surface area contributed by atoms with Crippen LogP contribution in [0.1, 0.15) is 54.0 Å². The summed E-state index contributed by atoms with van der Waals surface area (Å²) in [5.41, 5.74) is 2.09. The Bertz CT molecular complexity index is 1360. The van der Waals surface area contributed by atoms with Crippen LogP contribution in [0.5, 0.6) is 0 Å². The molecule has 1 atom stereocenters. The smallest absolute Gasteiger partial charge is 0.259 e. The molecule has 0 radical (unpaired) electrons. The van der Waals surface area contributed by atoms with Crippen molar-refractivity contribution in [2.45, 2.75) is 44.0 Å². The maximum absolute atomic E-state index is 13.8. The Hall–Kier alpha value is -3.00. The van der Waals surface area contributed by atoms with Gasteiger partial charge in [-0.25, -0.2) is 4.21 Å².